The SMILES string of the molecule is COc1ccc(S(=O)(=O)Nc2cc(-n3ccnc3)ncn2)cc1F. The summed E-state index contributed by atoms with van der Waals surface area (Å²) in [6.07, 6.45) is 5.94. The van der Waals surface area contributed by atoms with Gasteiger partial charge in [-0.2, -0.15) is 0 Å². The molecule has 0 saturated heterocycles. The van der Waals surface area contributed by atoms with E-state index < -0.39 is 15.8 Å². The molecule has 0 aliphatic rings. The van der Waals surface area contributed by atoms with E-state index in [1.54, 1.807) is 17.0 Å². The molecule has 10 heteroatoms. The van der Waals surface area contributed by atoms with Crippen LogP contribution in [0.2, 0.25) is 0 Å². The summed E-state index contributed by atoms with van der Waals surface area (Å²) >= 11 is 0. The van der Waals surface area contributed by atoms with Crippen molar-refractivity contribution in [3.05, 3.63) is 55.1 Å². The van der Waals surface area contributed by atoms with Gasteiger partial charge in [-0.25, -0.2) is 27.8 Å². The summed E-state index contributed by atoms with van der Waals surface area (Å²) in [5.41, 5.74) is 0. The van der Waals surface area contributed by atoms with Crippen molar-refractivity contribution in [3.8, 4) is 11.6 Å². The molecule has 3 rings (SSSR count). The molecule has 0 aliphatic carbocycles. The predicted octanol–water partition coefficient (Wildman–Crippen LogP) is 1.61. The molecule has 0 spiro atoms. The zero-order valence-electron chi connectivity index (χ0n) is 12.4. The van der Waals surface area contributed by atoms with Crippen molar-refractivity contribution in [2.75, 3.05) is 11.8 Å². The molecule has 1 N–H and O–H groups in total. The predicted molar refractivity (Wildman–Crippen MR) is 82.9 cm³/mol. The summed E-state index contributed by atoms with van der Waals surface area (Å²) in [6.45, 7) is 0. The van der Waals surface area contributed by atoms with E-state index in [4.69, 9.17) is 4.74 Å². The molecule has 124 valence electrons. The van der Waals surface area contributed by atoms with E-state index in [0.29, 0.717) is 5.82 Å². The Hall–Kier alpha value is -3.01. The van der Waals surface area contributed by atoms with Crippen molar-refractivity contribution < 1.29 is 17.5 Å². The number of halogens is 1. The van der Waals surface area contributed by atoms with Crippen molar-refractivity contribution in [1.29, 1.82) is 0 Å². The number of rotatable bonds is 5. The fourth-order valence-electron chi connectivity index (χ4n) is 1.95. The number of hydrogen-bond donors (Lipinski definition) is 1. The van der Waals surface area contributed by atoms with Crippen LogP contribution in [-0.4, -0.2) is 35.0 Å². The maximum Gasteiger partial charge on any atom is 0.263 e. The highest BCUT2D eigenvalue weighted by atomic mass is 32.2. The average molecular weight is 349 g/mol. The summed E-state index contributed by atoms with van der Waals surface area (Å²) < 4.78 is 47.1. The summed E-state index contributed by atoms with van der Waals surface area (Å²) in [4.78, 5) is 11.5. The molecule has 2 heterocycles. The molecule has 0 bridgehead atoms. The standard InChI is InChI=1S/C14H12FN5O3S/c1-23-12-3-2-10(6-11(12)15)24(21,22)19-13-7-14(18-8-17-13)20-5-4-16-9-20/h2-9H,1H3,(H,17,18,19). The lowest BCUT2D eigenvalue weighted by molar-refractivity contribution is 0.385. The number of benzene rings is 1. The van der Waals surface area contributed by atoms with Crippen LogP contribution in [0.1, 0.15) is 0 Å². The maximum absolute atomic E-state index is 13.7. The van der Waals surface area contributed by atoms with Gasteiger partial charge in [0.15, 0.2) is 11.6 Å². The second-order valence-corrected chi connectivity index (χ2v) is 6.32. The lowest BCUT2D eigenvalue weighted by atomic mass is 10.3. The van der Waals surface area contributed by atoms with Crippen LogP contribution in [0.3, 0.4) is 0 Å². The van der Waals surface area contributed by atoms with E-state index in [0.717, 1.165) is 6.07 Å². The van der Waals surface area contributed by atoms with Crippen molar-refractivity contribution >= 4 is 15.8 Å². The molecule has 0 radical (unpaired) electrons. The second kappa shape index (κ2) is 6.24. The average Bonchev–Trinajstić information content (AvgIpc) is 3.09. The molecule has 3 aromatic rings. The van der Waals surface area contributed by atoms with Gasteiger partial charge in [-0.3, -0.25) is 9.29 Å². The summed E-state index contributed by atoms with van der Waals surface area (Å²) in [6, 6.07) is 4.78. The van der Waals surface area contributed by atoms with E-state index in [2.05, 4.69) is 19.7 Å². The summed E-state index contributed by atoms with van der Waals surface area (Å²) in [7, 11) is -2.71. The van der Waals surface area contributed by atoms with Crippen LogP contribution < -0.4 is 9.46 Å². The van der Waals surface area contributed by atoms with Gasteiger partial charge >= 0.3 is 0 Å². The Morgan fingerprint density at radius 3 is 2.75 bits per heavy atom. The summed E-state index contributed by atoms with van der Waals surface area (Å²) in [5, 5.41) is 0. The molecule has 1 aromatic carbocycles. The van der Waals surface area contributed by atoms with Crippen molar-refractivity contribution in [3.63, 3.8) is 0 Å². The topological polar surface area (TPSA) is 99.0 Å². The first-order chi connectivity index (χ1) is 11.5. The fraction of sp³-hybridized carbons (Fsp3) is 0.0714. The monoisotopic (exact) mass is 349 g/mol. The van der Waals surface area contributed by atoms with Gasteiger partial charge in [0.25, 0.3) is 10.0 Å². The lowest BCUT2D eigenvalue weighted by Gasteiger charge is -2.09. The van der Waals surface area contributed by atoms with Gasteiger partial charge in [0.2, 0.25) is 0 Å². The fourth-order valence-corrected chi connectivity index (χ4v) is 2.96. The summed E-state index contributed by atoms with van der Waals surface area (Å²) in [5.74, 6) is -0.341. The molecule has 2 aromatic heterocycles. The Bertz CT molecular complexity index is 960. The minimum atomic E-state index is -4.01. The molecule has 0 saturated carbocycles. The first-order valence-electron chi connectivity index (χ1n) is 6.66. The molecule has 0 atom stereocenters. The van der Waals surface area contributed by atoms with Crippen LogP contribution in [0.15, 0.2) is 54.2 Å². The van der Waals surface area contributed by atoms with E-state index in [1.165, 1.54) is 38.0 Å². The smallest absolute Gasteiger partial charge is 0.263 e. The van der Waals surface area contributed by atoms with Crippen molar-refractivity contribution in [2.24, 2.45) is 0 Å². The first kappa shape index (κ1) is 15.9. The highest BCUT2D eigenvalue weighted by Crippen LogP contribution is 2.22. The number of sulfonamides is 1. The molecular formula is C14H12FN5O3S. The van der Waals surface area contributed by atoms with Crippen LogP contribution >= 0.6 is 0 Å². The Balaban J connectivity index is 1.90. The zero-order chi connectivity index (χ0) is 17.2. The Morgan fingerprint density at radius 2 is 2.08 bits per heavy atom. The number of aromatic nitrogens is 4. The van der Waals surface area contributed by atoms with E-state index >= 15 is 0 Å². The zero-order valence-corrected chi connectivity index (χ0v) is 13.2. The number of nitrogens with one attached hydrogen (secondary N) is 1. The highest BCUT2D eigenvalue weighted by molar-refractivity contribution is 7.92. The Labute approximate surface area is 137 Å². The van der Waals surface area contributed by atoms with E-state index in [-0.39, 0.29) is 16.5 Å². The lowest BCUT2D eigenvalue weighted by Crippen LogP contribution is -2.14. The molecule has 0 amide bonds. The van der Waals surface area contributed by atoms with Crippen LogP contribution in [0.25, 0.3) is 5.82 Å². The second-order valence-electron chi connectivity index (χ2n) is 4.63. The number of anilines is 1. The molecule has 24 heavy (non-hydrogen) atoms. The molecule has 0 aliphatic heterocycles. The van der Waals surface area contributed by atoms with Crippen LogP contribution in [0.4, 0.5) is 10.2 Å². The molecular weight excluding hydrogens is 337 g/mol. The number of hydrogen-bond acceptors (Lipinski definition) is 6. The first-order valence-corrected chi connectivity index (χ1v) is 8.14. The van der Waals surface area contributed by atoms with Gasteiger partial charge in [0.1, 0.15) is 24.3 Å². The number of imidazole rings is 1. The minimum absolute atomic E-state index is 0.0432. The van der Waals surface area contributed by atoms with Gasteiger partial charge in [-0.05, 0) is 18.2 Å². The Kier molecular flexibility index (Phi) is 4.13. The molecule has 0 fully saturated rings. The normalized spacial score (nSPS) is 11.2. The van der Waals surface area contributed by atoms with Crippen LogP contribution in [0.5, 0.6) is 5.75 Å². The Morgan fingerprint density at radius 1 is 1.25 bits per heavy atom. The number of ether oxygens (including phenoxy) is 1. The van der Waals surface area contributed by atoms with E-state index in [9.17, 15) is 12.8 Å². The van der Waals surface area contributed by atoms with Crippen LogP contribution in [0, 0.1) is 5.82 Å². The molecule has 0 unspecified atom stereocenters. The largest absolute Gasteiger partial charge is 0.494 e. The van der Waals surface area contributed by atoms with Gasteiger partial charge < -0.3 is 4.74 Å². The third-order valence-electron chi connectivity index (χ3n) is 3.09. The quantitative estimate of drug-likeness (QED) is 0.751. The van der Waals surface area contributed by atoms with E-state index in [1.807, 2.05) is 0 Å². The van der Waals surface area contributed by atoms with Gasteiger partial charge in [-0.1, -0.05) is 0 Å². The van der Waals surface area contributed by atoms with Gasteiger partial charge in [-0.15, -0.1) is 0 Å². The van der Waals surface area contributed by atoms with Gasteiger partial charge in [0.05, 0.1) is 12.0 Å². The third-order valence-corrected chi connectivity index (χ3v) is 4.45. The van der Waals surface area contributed by atoms with Gasteiger partial charge in [0, 0.05) is 18.5 Å². The minimum Gasteiger partial charge on any atom is -0.494 e. The van der Waals surface area contributed by atoms with Crippen molar-refractivity contribution in [2.45, 2.75) is 4.90 Å². The van der Waals surface area contributed by atoms with Crippen LogP contribution in [-0.2, 0) is 10.0 Å². The number of nitrogens with zero attached hydrogens (tertiary/aromatic N) is 4. The maximum atomic E-state index is 13.7. The van der Waals surface area contributed by atoms with Crippen molar-refractivity contribution in [1.82, 2.24) is 19.5 Å². The number of methoxy groups -OCH3 is 1. The highest BCUT2D eigenvalue weighted by Gasteiger charge is 2.18. The third kappa shape index (κ3) is 3.18. The molecule has 8 nitrogen and oxygen atoms in total.